The van der Waals surface area contributed by atoms with Crippen LogP contribution in [0.4, 0.5) is 0 Å². The Labute approximate surface area is 130 Å². The zero-order valence-corrected chi connectivity index (χ0v) is 13.5. The Morgan fingerprint density at radius 3 is 2.67 bits per heavy atom. The van der Waals surface area contributed by atoms with Gasteiger partial charge in [-0.1, -0.05) is 24.6 Å². The summed E-state index contributed by atoms with van der Waals surface area (Å²) >= 11 is 1.52. The van der Waals surface area contributed by atoms with E-state index in [2.05, 4.69) is 4.99 Å². The fourth-order valence-electron chi connectivity index (χ4n) is 2.61. The molecule has 0 amide bonds. The molecule has 1 fully saturated rings. The molecule has 5 atom stereocenters. The summed E-state index contributed by atoms with van der Waals surface area (Å²) in [5.41, 5.74) is -0.213. The molecule has 122 valence electrons. The maximum Gasteiger partial charge on any atom is 0.162 e. The number of hydrogen-bond donors (Lipinski definition) is 3. The lowest BCUT2D eigenvalue weighted by Crippen LogP contribution is -2.54. The zero-order valence-electron chi connectivity index (χ0n) is 12.7. The van der Waals surface area contributed by atoms with E-state index in [1.165, 1.54) is 11.8 Å². The molecule has 0 unspecified atom stereocenters. The van der Waals surface area contributed by atoms with Crippen molar-refractivity contribution in [2.75, 3.05) is 20.2 Å². The summed E-state index contributed by atoms with van der Waals surface area (Å²) in [6, 6.07) is -0.386. The molecule has 21 heavy (non-hydrogen) atoms. The highest BCUT2D eigenvalue weighted by molar-refractivity contribution is 8.14. The molecule has 0 spiro atoms. The first-order valence-electron chi connectivity index (χ1n) is 7.66. The molecule has 2 rings (SSSR count). The van der Waals surface area contributed by atoms with E-state index in [9.17, 15) is 10.2 Å². The van der Waals surface area contributed by atoms with E-state index in [-0.39, 0.29) is 24.2 Å². The third-order valence-electron chi connectivity index (χ3n) is 4.10. The second-order valence-corrected chi connectivity index (χ2v) is 6.70. The van der Waals surface area contributed by atoms with Crippen molar-refractivity contribution >= 4 is 16.9 Å². The standard InChI is InChI=1S/C14H26N2O4S/c1-3-16(2)14-15-10-12(19)11(18)9(20-13(10)21-14)7-5-4-6-8-17/h9-13,17-19H,3-8H2,1-2H3/t9-,10-,11-,12-,13-/m1/s1. The lowest BCUT2D eigenvalue weighted by molar-refractivity contribution is -0.154. The van der Waals surface area contributed by atoms with Crippen LogP contribution in [0.15, 0.2) is 4.99 Å². The van der Waals surface area contributed by atoms with Crippen molar-refractivity contribution in [2.45, 2.75) is 62.4 Å². The summed E-state index contributed by atoms with van der Waals surface area (Å²) in [7, 11) is 1.96. The molecule has 0 aromatic heterocycles. The zero-order chi connectivity index (χ0) is 15.4. The molecule has 2 heterocycles. The van der Waals surface area contributed by atoms with Crippen LogP contribution in [0.2, 0.25) is 0 Å². The van der Waals surface area contributed by atoms with Gasteiger partial charge in [0.1, 0.15) is 23.7 Å². The van der Waals surface area contributed by atoms with E-state index in [0.717, 1.165) is 31.0 Å². The van der Waals surface area contributed by atoms with E-state index >= 15 is 0 Å². The average molecular weight is 318 g/mol. The number of aliphatic hydroxyl groups excluding tert-OH is 3. The predicted molar refractivity (Wildman–Crippen MR) is 83.3 cm³/mol. The molecule has 6 nitrogen and oxygen atoms in total. The molecule has 0 aromatic rings. The number of rotatable bonds is 6. The number of fused-ring (bicyclic) bond motifs is 1. The minimum absolute atomic E-state index is 0.192. The quantitative estimate of drug-likeness (QED) is 0.615. The maximum atomic E-state index is 10.3. The normalized spacial score (nSPS) is 35.5. The van der Waals surface area contributed by atoms with E-state index in [1.54, 1.807) is 0 Å². The number of nitrogens with zero attached hydrogens (tertiary/aromatic N) is 2. The fourth-order valence-corrected chi connectivity index (χ4v) is 3.87. The van der Waals surface area contributed by atoms with Crippen molar-refractivity contribution in [3.63, 3.8) is 0 Å². The van der Waals surface area contributed by atoms with E-state index in [1.807, 2.05) is 18.9 Å². The topological polar surface area (TPSA) is 85.5 Å². The molecular formula is C14H26N2O4S. The second kappa shape index (κ2) is 7.78. The van der Waals surface area contributed by atoms with Crippen molar-refractivity contribution in [1.82, 2.24) is 4.90 Å². The van der Waals surface area contributed by atoms with Crippen LogP contribution in [-0.2, 0) is 4.74 Å². The van der Waals surface area contributed by atoms with Gasteiger partial charge in [0.05, 0.1) is 6.10 Å². The summed E-state index contributed by atoms with van der Waals surface area (Å²) in [6.45, 7) is 3.08. The Balaban J connectivity index is 1.92. The Morgan fingerprint density at radius 1 is 1.24 bits per heavy atom. The van der Waals surface area contributed by atoms with Crippen LogP contribution in [0, 0.1) is 0 Å². The van der Waals surface area contributed by atoms with Crippen molar-refractivity contribution < 1.29 is 20.1 Å². The molecule has 0 aromatic carbocycles. The maximum absolute atomic E-state index is 10.3. The molecule has 0 saturated carbocycles. The summed E-state index contributed by atoms with van der Waals surface area (Å²) in [4.78, 5) is 6.51. The van der Waals surface area contributed by atoms with Crippen LogP contribution in [0.1, 0.15) is 32.6 Å². The highest BCUT2D eigenvalue weighted by Gasteiger charge is 2.48. The lowest BCUT2D eigenvalue weighted by atomic mass is 9.95. The van der Waals surface area contributed by atoms with Crippen LogP contribution in [0.3, 0.4) is 0 Å². The minimum Gasteiger partial charge on any atom is -0.396 e. The van der Waals surface area contributed by atoms with Gasteiger partial charge in [0.15, 0.2) is 5.17 Å². The Morgan fingerprint density at radius 2 is 2.00 bits per heavy atom. The number of thioether (sulfide) groups is 1. The predicted octanol–water partition coefficient (Wildman–Crippen LogP) is 0.409. The monoisotopic (exact) mass is 318 g/mol. The SMILES string of the molecule is CCN(C)C1=N[C@@H]2[C@@H](O)[C@H](O)[C@@H](CCCCCO)O[C@@H]2S1. The molecule has 7 heteroatoms. The first-order valence-corrected chi connectivity index (χ1v) is 8.54. The van der Waals surface area contributed by atoms with Crippen LogP contribution in [0.25, 0.3) is 0 Å². The Bertz CT molecular complexity index is 369. The second-order valence-electron chi connectivity index (χ2n) is 5.63. The smallest absolute Gasteiger partial charge is 0.162 e. The molecule has 3 N–H and O–H groups in total. The number of ether oxygens (including phenoxy) is 1. The summed E-state index contributed by atoms with van der Waals surface area (Å²) in [5.74, 6) is 0. The number of hydrogen-bond acceptors (Lipinski definition) is 7. The third kappa shape index (κ3) is 3.90. The van der Waals surface area contributed by atoms with Crippen molar-refractivity contribution in [2.24, 2.45) is 4.99 Å². The van der Waals surface area contributed by atoms with Crippen molar-refractivity contribution in [3.05, 3.63) is 0 Å². The first kappa shape index (κ1) is 17.0. The van der Waals surface area contributed by atoms with Gasteiger partial charge < -0.3 is 25.0 Å². The van der Waals surface area contributed by atoms with Gasteiger partial charge in [-0.2, -0.15) is 0 Å². The molecule has 2 aliphatic heterocycles. The minimum atomic E-state index is -0.893. The largest absolute Gasteiger partial charge is 0.396 e. The number of aliphatic imine (C=N–C) groups is 1. The third-order valence-corrected chi connectivity index (χ3v) is 5.35. The van der Waals surface area contributed by atoms with Crippen LogP contribution in [0.5, 0.6) is 0 Å². The Hall–Kier alpha value is -0.340. The first-order chi connectivity index (χ1) is 10.1. The van der Waals surface area contributed by atoms with Crippen molar-refractivity contribution in [3.8, 4) is 0 Å². The fraction of sp³-hybridized carbons (Fsp3) is 0.929. The lowest BCUT2D eigenvalue weighted by Gasteiger charge is -2.38. The number of aliphatic hydroxyl groups is 3. The van der Waals surface area contributed by atoms with E-state index in [0.29, 0.717) is 6.42 Å². The van der Waals surface area contributed by atoms with Gasteiger partial charge in [-0.25, -0.2) is 0 Å². The molecular weight excluding hydrogens is 292 g/mol. The van der Waals surface area contributed by atoms with E-state index < -0.39 is 12.2 Å². The van der Waals surface area contributed by atoms with E-state index in [4.69, 9.17) is 9.84 Å². The molecule has 0 bridgehead atoms. The van der Waals surface area contributed by atoms with Gasteiger partial charge in [0.25, 0.3) is 0 Å². The molecule has 1 saturated heterocycles. The number of unbranched alkanes of at least 4 members (excludes halogenated alkanes) is 2. The van der Waals surface area contributed by atoms with Crippen LogP contribution < -0.4 is 0 Å². The van der Waals surface area contributed by atoms with Crippen LogP contribution >= 0.6 is 11.8 Å². The van der Waals surface area contributed by atoms with Gasteiger partial charge in [-0.15, -0.1) is 0 Å². The molecule has 0 aliphatic carbocycles. The van der Waals surface area contributed by atoms with Crippen molar-refractivity contribution in [1.29, 1.82) is 0 Å². The Kier molecular flexibility index (Phi) is 6.31. The van der Waals surface area contributed by atoms with Crippen LogP contribution in [-0.4, -0.2) is 75.4 Å². The summed E-state index contributed by atoms with van der Waals surface area (Å²) < 4.78 is 5.95. The molecule has 0 radical (unpaired) electrons. The highest BCUT2D eigenvalue weighted by Crippen LogP contribution is 2.38. The van der Waals surface area contributed by atoms with Gasteiger partial charge in [-0.3, -0.25) is 4.99 Å². The highest BCUT2D eigenvalue weighted by atomic mass is 32.2. The summed E-state index contributed by atoms with van der Waals surface area (Å²) in [6.07, 6.45) is 1.12. The van der Waals surface area contributed by atoms with Gasteiger partial charge in [0.2, 0.25) is 0 Å². The van der Waals surface area contributed by atoms with Gasteiger partial charge in [-0.05, 0) is 19.8 Å². The molecule has 2 aliphatic rings. The summed E-state index contributed by atoms with van der Waals surface area (Å²) in [5, 5.41) is 30.1. The average Bonchev–Trinajstić information content (AvgIpc) is 2.91. The van der Waals surface area contributed by atoms with Gasteiger partial charge >= 0.3 is 0 Å². The van der Waals surface area contributed by atoms with Gasteiger partial charge in [0, 0.05) is 20.2 Å². The number of amidine groups is 1.